The lowest BCUT2D eigenvalue weighted by molar-refractivity contribution is -0.383. The number of hydrogen-bond acceptors (Lipinski definition) is 7. The standard InChI is InChI=1S/C23H20N6O3/c1-14-10-15(2)12-17(11-14)26-21-20(29(31)32)22(25-13-24-21)27-28-23(30)19-9-5-7-16-6-3-4-8-18(16)19/h3-13H,1-2H3,(H,28,30)(H2,24,25,26,27). The maximum atomic E-state index is 12.8. The molecule has 0 aliphatic carbocycles. The van der Waals surface area contributed by atoms with E-state index in [4.69, 9.17) is 0 Å². The smallest absolute Gasteiger partial charge is 0.334 e. The molecule has 160 valence electrons. The predicted molar refractivity (Wildman–Crippen MR) is 123 cm³/mol. The third kappa shape index (κ3) is 4.31. The number of carbonyl (C=O) groups is 1. The Kier molecular flexibility index (Phi) is 5.63. The zero-order chi connectivity index (χ0) is 22.7. The molecule has 9 heteroatoms. The molecule has 1 aromatic heterocycles. The summed E-state index contributed by atoms with van der Waals surface area (Å²) in [7, 11) is 0. The van der Waals surface area contributed by atoms with Gasteiger partial charge in [-0.05, 0) is 53.9 Å². The number of hydrogen-bond donors (Lipinski definition) is 3. The number of fused-ring (bicyclic) bond motifs is 1. The summed E-state index contributed by atoms with van der Waals surface area (Å²) in [6.45, 7) is 3.87. The number of hydrazine groups is 1. The summed E-state index contributed by atoms with van der Waals surface area (Å²) in [6, 6.07) is 18.5. The van der Waals surface area contributed by atoms with Gasteiger partial charge in [-0.1, -0.05) is 42.5 Å². The van der Waals surface area contributed by atoms with Crippen LogP contribution in [-0.4, -0.2) is 20.8 Å². The Balaban J connectivity index is 1.60. The second-order valence-corrected chi connectivity index (χ2v) is 7.28. The molecule has 0 aliphatic rings. The first kappa shape index (κ1) is 20.7. The van der Waals surface area contributed by atoms with Gasteiger partial charge in [0.1, 0.15) is 6.33 Å². The Labute approximate surface area is 183 Å². The third-order valence-electron chi connectivity index (χ3n) is 4.82. The van der Waals surface area contributed by atoms with Crippen molar-refractivity contribution in [3.63, 3.8) is 0 Å². The summed E-state index contributed by atoms with van der Waals surface area (Å²) in [5.74, 6) is -0.569. The summed E-state index contributed by atoms with van der Waals surface area (Å²) in [6.07, 6.45) is 1.18. The van der Waals surface area contributed by atoms with Gasteiger partial charge in [-0.15, -0.1) is 0 Å². The van der Waals surface area contributed by atoms with Crippen molar-refractivity contribution < 1.29 is 9.72 Å². The predicted octanol–water partition coefficient (Wildman–Crippen LogP) is 4.66. The molecule has 0 saturated heterocycles. The quantitative estimate of drug-likeness (QED) is 0.302. The highest BCUT2D eigenvalue weighted by molar-refractivity contribution is 6.07. The van der Waals surface area contributed by atoms with Crippen LogP contribution >= 0.6 is 0 Å². The van der Waals surface area contributed by atoms with Crippen LogP contribution in [0.25, 0.3) is 10.8 Å². The van der Waals surface area contributed by atoms with E-state index >= 15 is 0 Å². The number of carbonyl (C=O) groups excluding carboxylic acids is 1. The van der Waals surface area contributed by atoms with E-state index in [1.165, 1.54) is 6.33 Å². The van der Waals surface area contributed by atoms with Gasteiger partial charge in [-0.3, -0.25) is 25.8 Å². The molecule has 0 unspecified atom stereocenters. The molecule has 4 rings (SSSR count). The highest BCUT2D eigenvalue weighted by Crippen LogP contribution is 2.31. The van der Waals surface area contributed by atoms with Gasteiger partial charge in [0.25, 0.3) is 5.91 Å². The van der Waals surface area contributed by atoms with Crippen LogP contribution in [0.1, 0.15) is 21.5 Å². The fourth-order valence-electron chi connectivity index (χ4n) is 3.52. The molecule has 0 bridgehead atoms. The van der Waals surface area contributed by atoms with Crippen LogP contribution in [-0.2, 0) is 0 Å². The van der Waals surface area contributed by atoms with Gasteiger partial charge >= 0.3 is 5.69 Å². The molecule has 32 heavy (non-hydrogen) atoms. The van der Waals surface area contributed by atoms with Crippen molar-refractivity contribution in [1.29, 1.82) is 0 Å². The van der Waals surface area contributed by atoms with Gasteiger partial charge in [0.2, 0.25) is 11.6 Å². The average Bonchev–Trinajstić information content (AvgIpc) is 2.76. The molecular weight excluding hydrogens is 408 g/mol. The van der Waals surface area contributed by atoms with Gasteiger partial charge in [0.05, 0.1) is 4.92 Å². The van der Waals surface area contributed by atoms with Crippen molar-refractivity contribution in [3.8, 4) is 0 Å². The van der Waals surface area contributed by atoms with Gasteiger partial charge in [0.15, 0.2) is 0 Å². The van der Waals surface area contributed by atoms with Gasteiger partial charge in [0, 0.05) is 11.3 Å². The minimum Gasteiger partial charge on any atom is -0.334 e. The van der Waals surface area contributed by atoms with Crippen molar-refractivity contribution in [3.05, 3.63) is 93.8 Å². The molecule has 0 saturated carbocycles. The fraction of sp³-hybridized carbons (Fsp3) is 0.0870. The summed E-state index contributed by atoms with van der Waals surface area (Å²) in [5, 5.41) is 16.4. The monoisotopic (exact) mass is 428 g/mol. The zero-order valence-corrected chi connectivity index (χ0v) is 17.4. The van der Waals surface area contributed by atoms with Crippen molar-refractivity contribution in [1.82, 2.24) is 15.4 Å². The van der Waals surface area contributed by atoms with E-state index in [1.54, 1.807) is 12.1 Å². The van der Waals surface area contributed by atoms with Crippen LogP contribution in [0, 0.1) is 24.0 Å². The van der Waals surface area contributed by atoms with Gasteiger partial charge < -0.3 is 5.32 Å². The SMILES string of the molecule is Cc1cc(C)cc(Nc2ncnc(NNC(=O)c3cccc4ccccc34)c2[N+](=O)[O-])c1. The molecule has 0 fully saturated rings. The first-order valence-corrected chi connectivity index (χ1v) is 9.81. The molecule has 1 heterocycles. The van der Waals surface area contributed by atoms with E-state index < -0.39 is 10.8 Å². The normalized spacial score (nSPS) is 10.6. The molecule has 0 spiro atoms. The first-order valence-electron chi connectivity index (χ1n) is 9.81. The van der Waals surface area contributed by atoms with Crippen LogP contribution in [0.4, 0.5) is 23.0 Å². The molecular formula is C23H20N6O3. The summed E-state index contributed by atoms with van der Waals surface area (Å²) in [5.41, 5.74) is 7.79. The molecule has 9 nitrogen and oxygen atoms in total. The number of amides is 1. The van der Waals surface area contributed by atoms with Crippen LogP contribution < -0.4 is 16.2 Å². The number of anilines is 3. The molecule has 0 radical (unpaired) electrons. The van der Waals surface area contributed by atoms with Crippen molar-refractivity contribution >= 4 is 39.7 Å². The number of benzene rings is 3. The van der Waals surface area contributed by atoms with Crippen molar-refractivity contribution in [2.24, 2.45) is 0 Å². The largest absolute Gasteiger partial charge is 0.355 e. The minimum absolute atomic E-state index is 0.0110. The second-order valence-electron chi connectivity index (χ2n) is 7.28. The Morgan fingerprint density at radius 3 is 2.38 bits per heavy atom. The summed E-state index contributed by atoms with van der Waals surface area (Å²) >= 11 is 0. The number of nitro groups is 1. The van der Waals surface area contributed by atoms with E-state index in [2.05, 4.69) is 26.1 Å². The average molecular weight is 428 g/mol. The summed E-state index contributed by atoms with van der Waals surface area (Å²) in [4.78, 5) is 31.9. The number of aryl methyl sites for hydroxylation is 2. The van der Waals surface area contributed by atoms with E-state index in [0.717, 1.165) is 21.9 Å². The zero-order valence-electron chi connectivity index (χ0n) is 17.4. The Morgan fingerprint density at radius 2 is 1.62 bits per heavy atom. The summed E-state index contributed by atoms with van der Waals surface area (Å²) < 4.78 is 0. The lowest BCUT2D eigenvalue weighted by Crippen LogP contribution is -2.30. The third-order valence-corrected chi connectivity index (χ3v) is 4.82. The molecule has 4 aromatic rings. The molecule has 0 atom stereocenters. The number of nitrogens with one attached hydrogen (secondary N) is 3. The topological polar surface area (TPSA) is 122 Å². The maximum absolute atomic E-state index is 12.8. The molecule has 3 aromatic carbocycles. The fourth-order valence-corrected chi connectivity index (χ4v) is 3.52. The lowest BCUT2D eigenvalue weighted by Gasteiger charge is -2.12. The Bertz CT molecular complexity index is 1310. The number of aromatic nitrogens is 2. The van der Waals surface area contributed by atoms with E-state index in [-0.39, 0.29) is 17.3 Å². The van der Waals surface area contributed by atoms with Crippen molar-refractivity contribution in [2.75, 3.05) is 10.7 Å². The minimum atomic E-state index is -0.600. The lowest BCUT2D eigenvalue weighted by atomic mass is 10.0. The first-order chi connectivity index (χ1) is 15.4. The van der Waals surface area contributed by atoms with E-state index in [0.29, 0.717) is 11.3 Å². The molecule has 1 amide bonds. The van der Waals surface area contributed by atoms with E-state index in [9.17, 15) is 14.9 Å². The van der Waals surface area contributed by atoms with Crippen LogP contribution in [0.2, 0.25) is 0 Å². The van der Waals surface area contributed by atoms with Gasteiger partial charge in [-0.2, -0.15) is 0 Å². The van der Waals surface area contributed by atoms with Crippen molar-refractivity contribution in [2.45, 2.75) is 13.8 Å². The van der Waals surface area contributed by atoms with Crippen LogP contribution in [0.15, 0.2) is 67.0 Å². The van der Waals surface area contributed by atoms with Crippen LogP contribution in [0.3, 0.4) is 0 Å². The Hall–Kier alpha value is -4.53. The number of nitrogens with zero attached hydrogens (tertiary/aromatic N) is 3. The van der Waals surface area contributed by atoms with E-state index in [1.807, 2.05) is 62.4 Å². The van der Waals surface area contributed by atoms with Gasteiger partial charge in [-0.25, -0.2) is 9.97 Å². The second kappa shape index (κ2) is 8.68. The maximum Gasteiger partial charge on any atom is 0.355 e. The number of rotatable bonds is 6. The highest BCUT2D eigenvalue weighted by atomic mass is 16.6. The van der Waals surface area contributed by atoms with Crippen LogP contribution in [0.5, 0.6) is 0 Å². The highest BCUT2D eigenvalue weighted by Gasteiger charge is 2.24. The molecule has 3 N–H and O–H groups in total. The molecule has 0 aliphatic heterocycles. The Morgan fingerprint density at radius 1 is 0.938 bits per heavy atom.